The van der Waals surface area contributed by atoms with E-state index in [4.69, 9.17) is 0 Å². The zero-order chi connectivity index (χ0) is 19.6. The lowest BCUT2D eigenvalue weighted by molar-refractivity contribution is -0.0377. The highest BCUT2D eigenvalue weighted by Crippen LogP contribution is 2.50. The maximum Gasteiger partial charge on any atom is 0.561 e. The Morgan fingerprint density at radius 2 is 0.625 bits per heavy atom. The lowest BCUT2D eigenvalue weighted by Crippen LogP contribution is -2.42. The normalized spacial score (nSPS) is 14.6. The van der Waals surface area contributed by atoms with Gasteiger partial charge in [-0.1, -0.05) is 0 Å². The van der Waals surface area contributed by atoms with Crippen LogP contribution in [0.5, 0.6) is 0 Å². The summed E-state index contributed by atoms with van der Waals surface area (Å²) in [6.07, 6.45) is 0. The van der Waals surface area contributed by atoms with Crippen molar-refractivity contribution < 1.29 is 57.0 Å². The molecule has 0 atom stereocenters. The first kappa shape index (κ1) is 24.5. The molecule has 0 fully saturated rings. The Morgan fingerprint density at radius 1 is 0.458 bits per heavy atom. The molecule has 0 aliphatic heterocycles. The quantitative estimate of drug-likeness (QED) is 0.261. The molecule has 20 heteroatoms. The van der Waals surface area contributed by atoms with Crippen molar-refractivity contribution in [2.24, 2.45) is 0 Å². The first-order valence-electron chi connectivity index (χ1n) is 4.55. The molecular formula is C4BF13N2S4. The predicted molar refractivity (Wildman–Crippen MR) is 65.1 cm³/mol. The van der Waals surface area contributed by atoms with Crippen molar-refractivity contribution in [3.63, 3.8) is 0 Å². The molecule has 0 bridgehead atoms. The van der Waals surface area contributed by atoms with Crippen molar-refractivity contribution in [3.8, 4) is 0 Å². The number of nitrogens with zero attached hydrogens (tertiary/aromatic N) is 2. The minimum absolute atomic E-state index is 1.42. The van der Waals surface area contributed by atoms with Crippen LogP contribution in [-0.4, -0.2) is 36.5 Å². The van der Waals surface area contributed by atoms with E-state index in [1.54, 1.807) is 0 Å². The third-order valence-electron chi connectivity index (χ3n) is 1.12. The fraction of sp³-hybridized carbons (Fsp3) is 1.00. The zero-order valence-electron chi connectivity index (χ0n) is 10.0. The third-order valence-corrected chi connectivity index (χ3v) is 4.26. The Balaban J connectivity index is 5.48. The molecule has 0 unspecified atom stereocenters. The van der Waals surface area contributed by atoms with E-state index < -0.39 is 84.3 Å². The summed E-state index contributed by atoms with van der Waals surface area (Å²) in [7, 11) is -4.07. The van der Waals surface area contributed by atoms with Crippen molar-refractivity contribution in [3.05, 3.63) is 0 Å². The molecule has 2 nitrogen and oxygen atoms in total. The molecule has 0 amide bonds. The van der Waals surface area contributed by atoms with Crippen LogP contribution in [0.4, 0.5) is 57.0 Å². The van der Waals surface area contributed by atoms with Gasteiger partial charge in [-0.25, -0.2) is 0 Å². The van der Waals surface area contributed by atoms with Gasteiger partial charge in [-0.05, 0) is 0 Å². The highest BCUT2D eigenvalue weighted by Gasteiger charge is 2.53. The molecule has 144 valence electrons. The molecule has 24 heavy (non-hydrogen) atoms. The lowest BCUT2D eigenvalue weighted by Gasteiger charge is -2.29. The molecule has 0 spiro atoms. The van der Waals surface area contributed by atoms with Gasteiger partial charge in [0, 0.05) is 47.8 Å². The average molecular weight is 462 g/mol. The summed E-state index contributed by atoms with van der Waals surface area (Å²) in [4.78, 5) is 0. The minimum Gasteiger partial charge on any atom is -0.283 e. The van der Waals surface area contributed by atoms with Crippen LogP contribution in [-0.2, 0) is 0 Å². The van der Waals surface area contributed by atoms with Crippen molar-refractivity contribution in [1.82, 2.24) is 7.24 Å². The summed E-state index contributed by atoms with van der Waals surface area (Å²) in [6, 6.07) is 0. The first-order valence-corrected chi connectivity index (χ1v) is 7.64. The zero-order valence-corrected chi connectivity index (χ0v) is 13.3. The second-order valence-electron chi connectivity index (χ2n) is 3.03. The van der Waals surface area contributed by atoms with E-state index in [0.29, 0.717) is 0 Å². The average Bonchev–Trinajstić information content (AvgIpc) is 2.17. The van der Waals surface area contributed by atoms with E-state index in [-0.39, 0.29) is 0 Å². The maximum atomic E-state index is 13.6. The molecule has 0 aromatic heterocycles. The topological polar surface area (TPSA) is 6.48 Å². The van der Waals surface area contributed by atoms with Gasteiger partial charge in [0.2, 0.25) is 0 Å². The van der Waals surface area contributed by atoms with Crippen molar-refractivity contribution >= 4 is 55.1 Å². The van der Waals surface area contributed by atoms with Gasteiger partial charge in [0.05, 0.1) is 0 Å². The monoisotopic (exact) mass is 462 g/mol. The summed E-state index contributed by atoms with van der Waals surface area (Å²) in [5.41, 5.74) is -22.4. The Morgan fingerprint density at radius 3 is 0.750 bits per heavy atom. The van der Waals surface area contributed by atoms with Crippen molar-refractivity contribution in [2.75, 3.05) is 0 Å². The highest BCUT2D eigenvalue weighted by atomic mass is 32.2. The van der Waals surface area contributed by atoms with E-state index in [2.05, 4.69) is 0 Å². The van der Waals surface area contributed by atoms with Crippen LogP contribution in [0.1, 0.15) is 0 Å². The molecule has 0 heterocycles. The van der Waals surface area contributed by atoms with E-state index in [1.807, 2.05) is 0 Å². The van der Waals surface area contributed by atoms with Crippen LogP contribution >= 0.6 is 47.8 Å². The molecule has 0 aromatic rings. The van der Waals surface area contributed by atoms with E-state index >= 15 is 0 Å². The van der Waals surface area contributed by atoms with Crippen LogP contribution in [0.25, 0.3) is 0 Å². The Labute approximate surface area is 141 Å². The lowest BCUT2D eigenvalue weighted by atomic mass is 10.2. The van der Waals surface area contributed by atoms with E-state index in [9.17, 15) is 57.0 Å². The third kappa shape index (κ3) is 12.8. The molecule has 0 aliphatic rings. The van der Waals surface area contributed by atoms with Crippen molar-refractivity contribution in [2.45, 2.75) is 22.0 Å². The van der Waals surface area contributed by atoms with Crippen LogP contribution in [0, 0.1) is 0 Å². The number of rotatable bonds is 6. The SMILES string of the molecule is FB(N(SC(F)(F)F)SC(F)(F)F)N(SC(F)(F)F)SC(F)(F)F. The first-order chi connectivity index (χ1) is 10.3. The predicted octanol–water partition coefficient (Wildman–Crippen LogP) is 6.22. The van der Waals surface area contributed by atoms with Gasteiger partial charge in [-0.2, -0.15) is 59.9 Å². The van der Waals surface area contributed by atoms with Crippen LogP contribution < -0.4 is 0 Å². The molecule has 0 aliphatic carbocycles. The van der Waals surface area contributed by atoms with Gasteiger partial charge < -0.3 is 0 Å². The molecule has 0 rings (SSSR count). The van der Waals surface area contributed by atoms with Gasteiger partial charge in [0.25, 0.3) is 0 Å². The smallest absolute Gasteiger partial charge is 0.283 e. The fourth-order valence-corrected chi connectivity index (χ4v) is 3.79. The molecular weight excluding hydrogens is 462 g/mol. The Kier molecular flexibility index (Phi) is 8.61. The second-order valence-corrected chi connectivity index (χ2v) is 7.65. The molecule has 0 aromatic carbocycles. The molecule has 0 saturated carbocycles. The van der Waals surface area contributed by atoms with Crippen LogP contribution in [0.3, 0.4) is 0 Å². The second kappa shape index (κ2) is 8.44. The number of hydrogen-bond acceptors (Lipinski definition) is 6. The number of halogens is 13. The highest BCUT2D eigenvalue weighted by molar-refractivity contribution is 8.17. The Hall–Kier alpha value is 0.475. The minimum atomic E-state index is -5.61. The van der Waals surface area contributed by atoms with E-state index in [0.717, 1.165) is 0 Å². The summed E-state index contributed by atoms with van der Waals surface area (Å²) < 4.78 is 156. The van der Waals surface area contributed by atoms with Crippen LogP contribution in [0.2, 0.25) is 0 Å². The fourth-order valence-electron chi connectivity index (χ4n) is 0.696. The number of hydrogen-bond donors (Lipinski definition) is 0. The van der Waals surface area contributed by atoms with Gasteiger partial charge in [-0.15, -0.1) is 0 Å². The van der Waals surface area contributed by atoms with Gasteiger partial charge in [0.15, 0.2) is 0 Å². The summed E-state index contributed by atoms with van der Waals surface area (Å²) in [6.45, 7) is 0. The molecule has 0 radical (unpaired) electrons. The number of alkyl halides is 12. The largest absolute Gasteiger partial charge is 0.561 e. The molecule has 0 saturated heterocycles. The van der Waals surface area contributed by atoms with Gasteiger partial charge in [0.1, 0.15) is 0 Å². The molecule has 0 N–H and O–H groups in total. The Bertz CT molecular complexity index is 323. The standard InChI is InChI=1S/C4BF13N2S4/c6-1(7,8)21-19(22-2(9,10)11)5(18)20(23-3(12,13)14)24-4(15,16)17. The summed E-state index contributed by atoms with van der Waals surface area (Å²) in [5.74, 6) is 0. The van der Waals surface area contributed by atoms with Gasteiger partial charge >= 0.3 is 29.3 Å². The summed E-state index contributed by atoms with van der Waals surface area (Å²) >= 11 is -7.54. The van der Waals surface area contributed by atoms with Crippen molar-refractivity contribution in [1.29, 1.82) is 0 Å². The maximum absolute atomic E-state index is 13.6. The van der Waals surface area contributed by atoms with Crippen LogP contribution in [0.15, 0.2) is 0 Å². The summed E-state index contributed by atoms with van der Waals surface area (Å²) in [5, 5.41) is 0. The van der Waals surface area contributed by atoms with E-state index in [1.165, 1.54) is 0 Å². The van der Waals surface area contributed by atoms with Gasteiger partial charge in [-0.3, -0.25) is 4.32 Å².